The number of hydrogen-bond donors (Lipinski definition) is 1. The molecule has 0 aliphatic heterocycles. The van der Waals surface area contributed by atoms with Crippen molar-refractivity contribution in [1.82, 2.24) is 0 Å². The molecule has 2 nitrogen and oxygen atoms in total. The monoisotopic (exact) mass is 228 g/mol. The standard InChI is InChI=1S/C14H28O2/c1-2-3-4-5-7-10-13-16-14-11-8-6-9-12-15/h2,15H,1,3-14H2. The molecule has 96 valence electrons. The summed E-state index contributed by atoms with van der Waals surface area (Å²) in [4.78, 5) is 0. The van der Waals surface area contributed by atoms with E-state index in [9.17, 15) is 0 Å². The van der Waals surface area contributed by atoms with E-state index in [1.165, 1.54) is 32.1 Å². The Kier molecular flexibility index (Phi) is 14.3. The summed E-state index contributed by atoms with van der Waals surface area (Å²) in [7, 11) is 0. The maximum absolute atomic E-state index is 8.59. The average Bonchev–Trinajstić information content (AvgIpc) is 2.31. The first-order valence-electron chi connectivity index (χ1n) is 6.71. The van der Waals surface area contributed by atoms with Gasteiger partial charge in [0, 0.05) is 19.8 Å². The summed E-state index contributed by atoms with van der Waals surface area (Å²) >= 11 is 0. The molecule has 0 radical (unpaired) electrons. The molecule has 0 aromatic heterocycles. The van der Waals surface area contributed by atoms with Crippen molar-refractivity contribution >= 4 is 0 Å². The summed E-state index contributed by atoms with van der Waals surface area (Å²) in [5.41, 5.74) is 0. The summed E-state index contributed by atoms with van der Waals surface area (Å²) in [5.74, 6) is 0. The van der Waals surface area contributed by atoms with Crippen LogP contribution in [-0.4, -0.2) is 24.9 Å². The average molecular weight is 228 g/mol. The molecule has 0 bridgehead atoms. The van der Waals surface area contributed by atoms with Crippen LogP contribution in [0.5, 0.6) is 0 Å². The first-order valence-corrected chi connectivity index (χ1v) is 6.71. The van der Waals surface area contributed by atoms with Crippen LogP contribution in [0.1, 0.15) is 57.8 Å². The van der Waals surface area contributed by atoms with Crippen LogP contribution in [0.3, 0.4) is 0 Å². The lowest BCUT2D eigenvalue weighted by Crippen LogP contribution is -1.97. The lowest BCUT2D eigenvalue weighted by Gasteiger charge is -2.03. The van der Waals surface area contributed by atoms with Gasteiger partial charge in [0.15, 0.2) is 0 Å². The van der Waals surface area contributed by atoms with E-state index in [0.717, 1.165) is 38.9 Å². The van der Waals surface area contributed by atoms with E-state index >= 15 is 0 Å². The SMILES string of the molecule is C=CCCCCCCOCCCCCCO. The van der Waals surface area contributed by atoms with Gasteiger partial charge in [-0.15, -0.1) is 6.58 Å². The van der Waals surface area contributed by atoms with E-state index < -0.39 is 0 Å². The van der Waals surface area contributed by atoms with Gasteiger partial charge in [0.25, 0.3) is 0 Å². The Morgan fingerprint density at radius 2 is 1.38 bits per heavy atom. The lowest BCUT2D eigenvalue weighted by atomic mass is 10.1. The fourth-order valence-corrected chi connectivity index (χ4v) is 1.62. The molecule has 0 spiro atoms. The molecular formula is C14H28O2. The zero-order valence-electron chi connectivity index (χ0n) is 10.6. The van der Waals surface area contributed by atoms with Crippen molar-refractivity contribution in [1.29, 1.82) is 0 Å². The van der Waals surface area contributed by atoms with Crippen LogP contribution < -0.4 is 0 Å². The van der Waals surface area contributed by atoms with Gasteiger partial charge in [0.05, 0.1) is 0 Å². The Morgan fingerprint density at radius 1 is 0.812 bits per heavy atom. The molecule has 0 amide bonds. The third-order valence-corrected chi connectivity index (χ3v) is 2.64. The maximum atomic E-state index is 8.59. The highest BCUT2D eigenvalue weighted by atomic mass is 16.5. The molecule has 0 aliphatic carbocycles. The molecule has 0 rings (SSSR count). The van der Waals surface area contributed by atoms with E-state index in [2.05, 4.69) is 6.58 Å². The molecule has 0 saturated heterocycles. The molecule has 0 heterocycles. The minimum absolute atomic E-state index is 0.325. The molecule has 1 N–H and O–H groups in total. The van der Waals surface area contributed by atoms with Crippen LogP contribution in [0.4, 0.5) is 0 Å². The Balaban J connectivity index is 2.85. The van der Waals surface area contributed by atoms with Crippen molar-refractivity contribution < 1.29 is 9.84 Å². The minimum Gasteiger partial charge on any atom is -0.396 e. The zero-order valence-corrected chi connectivity index (χ0v) is 10.6. The lowest BCUT2D eigenvalue weighted by molar-refractivity contribution is 0.125. The van der Waals surface area contributed by atoms with Gasteiger partial charge in [-0.05, 0) is 32.1 Å². The number of hydrogen-bond acceptors (Lipinski definition) is 2. The van der Waals surface area contributed by atoms with Gasteiger partial charge in [-0.1, -0.05) is 31.8 Å². The highest BCUT2D eigenvalue weighted by molar-refractivity contribution is 4.65. The molecule has 2 heteroatoms. The molecule has 0 atom stereocenters. The predicted octanol–water partition coefficient (Wildman–Crippen LogP) is 3.69. The van der Waals surface area contributed by atoms with Crippen molar-refractivity contribution in [3.05, 3.63) is 12.7 Å². The molecule has 0 fully saturated rings. The first-order chi connectivity index (χ1) is 7.91. The minimum atomic E-state index is 0.325. The van der Waals surface area contributed by atoms with E-state index in [-0.39, 0.29) is 0 Å². The Bertz CT molecular complexity index is 135. The fourth-order valence-electron chi connectivity index (χ4n) is 1.62. The van der Waals surface area contributed by atoms with E-state index in [1.807, 2.05) is 6.08 Å². The summed E-state index contributed by atoms with van der Waals surface area (Å²) in [6, 6.07) is 0. The van der Waals surface area contributed by atoms with Crippen molar-refractivity contribution in [2.45, 2.75) is 57.8 Å². The predicted molar refractivity (Wildman–Crippen MR) is 69.7 cm³/mol. The first kappa shape index (κ1) is 15.7. The van der Waals surface area contributed by atoms with Crippen molar-refractivity contribution in [2.75, 3.05) is 19.8 Å². The molecule has 0 saturated carbocycles. The van der Waals surface area contributed by atoms with Gasteiger partial charge in [0.1, 0.15) is 0 Å². The second-order valence-electron chi connectivity index (χ2n) is 4.24. The summed E-state index contributed by atoms with van der Waals surface area (Å²) < 4.78 is 5.54. The van der Waals surface area contributed by atoms with Crippen LogP contribution >= 0.6 is 0 Å². The third-order valence-electron chi connectivity index (χ3n) is 2.64. The Morgan fingerprint density at radius 3 is 1.94 bits per heavy atom. The van der Waals surface area contributed by atoms with Gasteiger partial charge in [-0.25, -0.2) is 0 Å². The van der Waals surface area contributed by atoms with E-state index in [0.29, 0.717) is 6.61 Å². The number of aliphatic hydroxyl groups is 1. The van der Waals surface area contributed by atoms with Crippen molar-refractivity contribution in [3.63, 3.8) is 0 Å². The Hall–Kier alpha value is -0.340. The van der Waals surface area contributed by atoms with Crippen molar-refractivity contribution in [2.24, 2.45) is 0 Å². The topological polar surface area (TPSA) is 29.5 Å². The van der Waals surface area contributed by atoms with Crippen LogP contribution in [0.2, 0.25) is 0 Å². The van der Waals surface area contributed by atoms with Gasteiger partial charge < -0.3 is 9.84 Å². The maximum Gasteiger partial charge on any atom is 0.0466 e. The van der Waals surface area contributed by atoms with Gasteiger partial charge in [0.2, 0.25) is 0 Å². The quantitative estimate of drug-likeness (QED) is 0.385. The van der Waals surface area contributed by atoms with E-state index in [1.54, 1.807) is 0 Å². The highest BCUT2D eigenvalue weighted by Crippen LogP contribution is 2.04. The van der Waals surface area contributed by atoms with Crippen LogP contribution in [0, 0.1) is 0 Å². The summed E-state index contributed by atoms with van der Waals surface area (Å²) in [5, 5.41) is 8.59. The van der Waals surface area contributed by atoms with Gasteiger partial charge in [-0.3, -0.25) is 0 Å². The number of aliphatic hydroxyl groups excluding tert-OH is 1. The normalized spacial score (nSPS) is 10.6. The number of allylic oxidation sites excluding steroid dienone is 1. The molecule has 0 aliphatic rings. The molecular weight excluding hydrogens is 200 g/mol. The molecule has 0 aromatic carbocycles. The van der Waals surface area contributed by atoms with Crippen LogP contribution in [0.25, 0.3) is 0 Å². The fraction of sp³-hybridized carbons (Fsp3) is 0.857. The number of rotatable bonds is 13. The molecule has 16 heavy (non-hydrogen) atoms. The molecule has 0 unspecified atom stereocenters. The second kappa shape index (κ2) is 14.7. The molecule has 0 aromatic rings. The second-order valence-corrected chi connectivity index (χ2v) is 4.24. The highest BCUT2D eigenvalue weighted by Gasteiger charge is 1.92. The largest absolute Gasteiger partial charge is 0.396 e. The smallest absolute Gasteiger partial charge is 0.0466 e. The van der Waals surface area contributed by atoms with Crippen LogP contribution in [-0.2, 0) is 4.74 Å². The number of unbranched alkanes of at least 4 members (excludes halogenated alkanes) is 7. The number of ether oxygens (including phenoxy) is 1. The van der Waals surface area contributed by atoms with Crippen LogP contribution in [0.15, 0.2) is 12.7 Å². The summed E-state index contributed by atoms with van der Waals surface area (Å²) in [6.45, 7) is 5.83. The van der Waals surface area contributed by atoms with Gasteiger partial charge >= 0.3 is 0 Å². The third kappa shape index (κ3) is 13.7. The summed E-state index contributed by atoms with van der Waals surface area (Å²) in [6.07, 6.45) is 12.5. The zero-order chi connectivity index (χ0) is 11.9. The van der Waals surface area contributed by atoms with Crippen molar-refractivity contribution in [3.8, 4) is 0 Å². The van der Waals surface area contributed by atoms with E-state index in [4.69, 9.17) is 9.84 Å². The Labute approximate surface area is 101 Å². The van der Waals surface area contributed by atoms with Gasteiger partial charge in [-0.2, -0.15) is 0 Å².